The molecule has 5 aromatic carbocycles. The van der Waals surface area contributed by atoms with Gasteiger partial charge < -0.3 is 0 Å². The number of benzene rings is 5. The van der Waals surface area contributed by atoms with Gasteiger partial charge >= 0.3 is 0 Å². The van der Waals surface area contributed by atoms with Crippen LogP contribution < -0.4 is 0 Å². The van der Waals surface area contributed by atoms with Gasteiger partial charge in [-0.3, -0.25) is 0 Å². The number of hydrogen-bond acceptors (Lipinski definition) is 2. The number of rotatable bonds is 5. The van der Waals surface area contributed by atoms with Gasteiger partial charge in [-0.2, -0.15) is 5.10 Å². The van der Waals surface area contributed by atoms with Gasteiger partial charge in [0.05, 0.1) is 5.69 Å². The first-order valence-corrected chi connectivity index (χ1v) is 16.3. The molecule has 1 heterocycles. The molecule has 0 aliphatic heterocycles. The monoisotopic (exact) mass is 603 g/mol. The molecule has 0 aliphatic rings. The van der Waals surface area contributed by atoms with E-state index in [2.05, 4.69) is 165 Å². The highest BCUT2D eigenvalue weighted by Crippen LogP contribution is 2.36. The van der Waals surface area contributed by atoms with E-state index in [1.54, 1.807) is 0 Å². The first-order chi connectivity index (χ1) is 21.8. The lowest BCUT2D eigenvalue weighted by atomic mass is 9.85. The molecule has 0 unspecified atom stereocenters. The lowest BCUT2D eigenvalue weighted by Gasteiger charge is -2.20. The predicted molar refractivity (Wildman–Crippen MR) is 195 cm³/mol. The average Bonchev–Trinajstić information content (AvgIpc) is 3.41. The Bertz CT molecular complexity index is 1920. The number of aryl methyl sites for hydroxylation is 3. The Morgan fingerprint density at radius 3 is 1.35 bits per heavy atom. The summed E-state index contributed by atoms with van der Waals surface area (Å²) in [6.45, 7) is 19.8. The molecule has 46 heavy (non-hydrogen) atoms. The molecular weight excluding hydrogens is 558 g/mol. The fourth-order valence-electron chi connectivity index (χ4n) is 6.19. The van der Waals surface area contributed by atoms with Crippen LogP contribution >= 0.6 is 0 Å². The summed E-state index contributed by atoms with van der Waals surface area (Å²) < 4.78 is 2.01. The van der Waals surface area contributed by atoms with Crippen molar-refractivity contribution in [2.75, 3.05) is 0 Å². The van der Waals surface area contributed by atoms with Crippen LogP contribution in [0, 0.1) is 20.8 Å². The van der Waals surface area contributed by atoms with Gasteiger partial charge in [0.25, 0.3) is 0 Å². The van der Waals surface area contributed by atoms with Crippen LogP contribution in [0.2, 0.25) is 0 Å². The molecule has 0 fully saturated rings. The second-order valence-corrected chi connectivity index (χ2v) is 14.7. The Balaban J connectivity index is 1.49. The van der Waals surface area contributed by atoms with Crippen LogP contribution in [0.4, 0.5) is 0 Å². The molecule has 232 valence electrons. The van der Waals surface area contributed by atoms with Gasteiger partial charge in [0, 0.05) is 5.56 Å². The minimum absolute atomic E-state index is 0.108. The summed E-state index contributed by atoms with van der Waals surface area (Å²) in [5.41, 5.74) is 14.5. The lowest BCUT2D eigenvalue weighted by Crippen LogP contribution is -2.10. The normalized spacial score (nSPS) is 12.0. The molecule has 0 atom stereocenters. The number of para-hydroxylation sites is 1. The molecule has 3 heteroatoms. The molecule has 0 amide bonds. The van der Waals surface area contributed by atoms with Gasteiger partial charge in [-0.25, -0.2) is 9.67 Å². The second-order valence-electron chi connectivity index (χ2n) is 14.7. The van der Waals surface area contributed by atoms with E-state index in [0.29, 0.717) is 0 Å². The predicted octanol–water partition coefficient (Wildman–Crippen LogP) is 11.5. The molecule has 0 saturated carbocycles. The summed E-state index contributed by atoms with van der Waals surface area (Å²) in [7, 11) is 0. The Kier molecular flexibility index (Phi) is 8.06. The summed E-state index contributed by atoms with van der Waals surface area (Å²) in [6, 6.07) is 40.2. The van der Waals surface area contributed by atoms with Crippen LogP contribution in [-0.4, -0.2) is 14.8 Å². The maximum absolute atomic E-state index is 4.91. The third kappa shape index (κ3) is 6.33. The van der Waals surface area contributed by atoms with Crippen molar-refractivity contribution in [3.8, 4) is 50.5 Å². The Morgan fingerprint density at radius 1 is 0.457 bits per heavy atom. The fraction of sp³-hybridized carbons (Fsp3) is 0.256. The zero-order valence-corrected chi connectivity index (χ0v) is 28.7. The van der Waals surface area contributed by atoms with E-state index in [9.17, 15) is 0 Å². The van der Waals surface area contributed by atoms with E-state index in [1.165, 1.54) is 50.1 Å². The van der Waals surface area contributed by atoms with Gasteiger partial charge in [-0.05, 0) is 112 Å². The SMILES string of the molecule is Cc1nc(-c2cccc(-c3cc(-c4ccc(C(C)(C)C)cc4)cc(-c4ccc(C(C)(C)C)cc4)c3)c2)n(-c2c(C)cccc2C)n1. The maximum Gasteiger partial charge on any atom is 0.163 e. The zero-order chi connectivity index (χ0) is 32.8. The van der Waals surface area contributed by atoms with Crippen molar-refractivity contribution in [2.45, 2.75) is 73.1 Å². The molecule has 1 aromatic heterocycles. The number of nitrogens with zero attached hydrogens (tertiary/aromatic N) is 3. The molecule has 0 N–H and O–H groups in total. The molecular formula is C43H45N3. The van der Waals surface area contributed by atoms with Crippen LogP contribution in [0.5, 0.6) is 0 Å². The molecule has 0 aliphatic carbocycles. The fourth-order valence-corrected chi connectivity index (χ4v) is 6.19. The highest BCUT2D eigenvalue weighted by Gasteiger charge is 2.18. The summed E-state index contributed by atoms with van der Waals surface area (Å²) in [5, 5.41) is 4.84. The second kappa shape index (κ2) is 11.9. The van der Waals surface area contributed by atoms with Crippen molar-refractivity contribution >= 4 is 0 Å². The highest BCUT2D eigenvalue weighted by molar-refractivity contribution is 5.82. The Morgan fingerprint density at radius 2 is 0.870 bits per heavy atom. The largest absolute Gasteiger partial charge is 0.212 e. The summed E-state index contributed by atoms with van der Waals surface area (Å²) in [5.74, 6) is 1.61. The van der Waals surface area contributed by atoms with Crippen molar-refractivity contribution in [3.63, 3.8) is 0 Å². The summed E-state index contributed by atoms with van der Waals surface area (Å²) in [4.78, 5) is 4.91. The Labute approximate surface area is 275 Å². The van der Waals surface area contributed by atoms with Gasteiger partial charge in [0.15, 0.2) is 5.82 Å². The topological polar surface area (TPSA) is 30.7 Å². The first kappa shape index (κ1) is 31.2. The lowest BCUT2D eigenvalue weighted by molar-refractivity contribution is 0.590. The first-order valence-electron chi connectivity index (χ1n) is 16.3. The van der Waals surface area contributed by atoms with Crippen LogP contribution in [0.1, 0.15) is 69.6 Å². The third-order valence-electron chi connectivity index (χ3n) is 8.92. The standard InChI is InChI=1S/C43H45N3/c1-28-12-10-13-29(2)40(28)46-41(44-30(3)45-46)34-15-11-14-33(24-34)37-26-35(31-16-20-38(21-17-31)42(4,5)6)25-36(27-37)32-18-22-39(23-19-32)43(7,8)9/h10-27H,1-9H3. The van der Waals surface area contributed by atoms with Gasteiger partial charge in [0.2, 0.25) is 0 Å². The van der Waals surface area contributed by atoms with E-state index in [1.807, 2.05) is 11.6 Å². The van der Waals surface area contributed by atoms with Crippen molar-refractivity contribution in [1.82, 2.24) is 14.8 Å². The number of hydrogen-bond donors (Lipinski definition) is 0. The van der Waals surface area contributed by atoms with Crippen molar-refractivity contribution in [1.29, 1.82) is 0 Å². The van der Waals surface area contributed by atoms with Gasteiger partial charge in [-0.15, -0.1) is 0 Å². The summed E-state index contributed by atoms with van der Waals surface area (Å²) in [6.07, 6.45) is 0. The smallest absolute Gasteiger partial charge is 0.163 e. The van der Waals surface area contributed by atoms with E-state index in [0.717, 1.165) is 28.5 Å². The van der Waals surface area contributed by atoms with Crippen molar-refractivity contribution in [2.24, 2.45) is 0 Å². The maximum atomic E-state index is 4.91. The van der Waals surface area contributed by atoms with Crippen LogP contribution in [0.15, 0.2) is 109 Å². The highest BCUT2D eigenvalue weighted by atomic mass is 15.4. The van der Waals surface area contributed by atoms with E-state index in [4.69, 9.17) is 10.1 Å². The molecule has 6 rings (SSSR count). The molecule has 0 saturated heterocycles. The van der Waals surface area contributed by atoms with Crippen molar-refractivity contribution in [3.05, 3.63) is 137 Å². The zero-order valence-electron chi connectivity index (χ0n) is 28.7. The van der Waals surface area contributed by atoms with Crippen LogP contribution in [-0.2, 0) is 10.8 Å². The van der Waals surface area contributed by atoms with Gasteiger partial charge in [0.1, 0.15) is 5.82 Å². The molecule has 0 bridgehead atoms. The van der Waals surface area contributed by atoms with Gasteiger partial charge in [-0.1, -0.05) is 126 Å². The molecule has 0 radical (unpaired) electrons. The van der Waals surface area contributed by atoms with E-state index >= 15 is 0 Å². The van der Waals surface area contributed by atoms with Crippen molar-refractivity contribution < 1.29 is 0 Å². The van der Waals surface area contributed by atoms with Crippen LogP contribution in [0.3, 0.4) is 0 Å². The minimum Gasteiger partial charge on any atom is -0.212 e. The number of aromatic nitrogens is 3. The quantitative estimate of drug-likeness (QED) is 0.196. The molecule has 0 spiro atoms. The van der Waals surface area contributed by atoms with E-state index in [-0.39, 0.29) is 10.8 Å². The minimum atomic E-state index is 0.108. The molecule has 6 aromatic rings. The summed E-state index contributed by atoms with van der Waals surface area (Å²) >= 11 is 0. The third-order valence-corrected chi connectivity index (χ3v) is 8.92. The Hall–Kier alpha value is -4.76. The van der Waals surface area contributed by atoms with Crippen LogP contribution in [0.25, 0.3) is 50.5 Å². The van der Waals surface area contributed by atoms with E-state index < -0.39 is 0 Å². The average molecular weight is 604 g/mol. The molecule has 3 nitrogen and oxygen atoms in total.